The van der Waals surface area contributed by atoms with Crippen LogP contribution < -0.4 is 15.5 Å². The fraction of sp³-hybridized carbons (Fsp3) is 0.200. The maximum absolute atomic E-state index is 13.6. The van der Waals surface area contributed by atoms with Crippen LogP contribution in [0, 0.1) is 6.92 Å². The van der Waals surface area contributed by atoms with Crippen molar-refractivity contribution in [1.82, 2.24) is 0 Å². The number of urea groups is 1. The molecule has 3 amide bonds. The number of benzene rings is 3. The number of allylic oxidation sites excluding steroid dienone is 2. The molecule has 2 N–H and O–H groups in total. The van der Waals surface area contributed by atoms with E-state index in [0.29, 0.717) is 22.8 Å². The molecule has 3 atom stereocenters. The molecule has 0 bridgehead atoms. The summed E-state index contributed by atoms with van der Waals surface area (Å²) in [5.41, 5.74) is 3.15. The van der Waals surface area contributed by atoms with Crippen LogP contribution >= 0.6 is 35.1 Å². The molecule has 8 heteroatoms. The molecule has 1 heterocycles. The maximum atomic E-state index is 13.6. The summed E-state index contributed by atoms with van der Waals surface area (Å²) in [5.74, 6) is -0.0806. The van der Waals surface area contributed by atoms with Gasteiger partial charge in [0.1, 0.15) is 0 Å². The van der Waals surface area contributed by atoms with E-state index >= 15 is 0 Å². The fourth-order valence-electron chi connectivity index (χ4n) is 4.50. The second-order valence-electron chi connectivity index (χ2n) is 9.05. The highest BCUT2D eigenvalue weighted by molar-refractivity contribution is 8.00. The molecular weight excluding hydrogens is 534 g/mol. The van der Waals surface area contributed by atoms with Gasteiger partial charge in [0.2, 0.25) is 5.91 Å². The molecule has 38 heavy (non-hydrogen) atoms. The van der Waals surface area contributed by atoms with E-state index in [1.54, 1.807) is 17.8 Å². The van der Waals surface area contributed by atoms with Gasteiger partial charge in [-0.3, -0.25) is 9.69 Å². The van der Waals surface area contributed by atoms with Gasteiger partial charge in [0, 0.05) is 26.2 Å². The minimum Gasteiger partial charge on any atom is -0.325 e. The van der Waals surface area contributed by atoms with Crippen LogP contribution in [0.4, 0.5) is 21.9 Å². The van der Waals surface area contributed by atoms with Gasteiger partial charge in [0.05, 0.1) is 22.2 Å². The molecule has 0 spiro atoms. The Morgan fingerprint density at radius 1 is 1.03 bits per heavy atom. The smallest absolute Gasteiger partial charge is 0.325 e. The summed E-state index contributed by atoms with van der Waals surface area (Å²) in [4.78, 5) is 30.5. The fourth-order valence-corrected chi connectivity index (χ4v) is 6.94. The lowest BCUT2D eigenvalue weighted by atomic mass is 10.1. The number of nitrogens with zero attached hydrogens (tertiary/aromatic N) is 1. The second-order valence-corrected chi connectivity index (χ2v) is 12.0. The van der Waals surface area contributed by atoms with Crippen LogP contribution in [-0.4, -0.2) is 28.5 Å². The average Bonchev–Trinajstić information content (AvgIpc) is 2.93. The Morgan fingerprint density at radius 3 is 2.66 bits per heavy atom. The van der Waals surface area contributed by atoms with Crippen molar-refractivity contribution in [2.24, 2.45) is 0 Å². The van der Waals surface area contributed by atoms with E-state index in [2.05, 4.69) is 28.9 Å². The van der Waals surface area contributed by atoms with Crippen molar-refractivity contribution in [3.05, 3.63) is 102 Å². The first-order chi connectivity index (χ1) is 18.4. The molecule has 1 aliphatic carbocycles. The molecule has 194 valence electrons. The van der Waals surface area contributed by atoms with E-state index in [-0.39, 0.29) is 28.5 Å². The summed E-state index contributed by atoms with van der Waals surface area (Å²) >= 11 is 9.47. The molecule has 5 rings (SSSR count). The molecule has 0 saturated carbocycles. The number of nitrogens with one attached hydrogen (secondary N) is 2. The number of carbonyl (C=O) groups is 2. The third kappa shape index (κ3) is 5.65. The number of fused-ring (bicyclic) bond motifs is 2. The highest BCUT2D eigenvalue weighted by atomic mass is 35.5. The summed E-state index contributed by atoms with van der Waals surface area (Å²) in [5, 5.41) is 6.58. The Hall–Kier alpha value is -3.13. The summed E-state index contributed by atoms with van der Waals surface area (Å²) in [6, 6.07) is 20.9. The van der Waals surface area contributed by atoms with Crippen LogP contribution in [0.3, 0.4) is 0 Å². The molecule has 0 aromatic heterocycles. The van der Waals surface area contributed by atoms with Gasteiger partial charge in [-0.05, 0) is 61.4 Å². The maximum Gasteiger partial charge on any atom is 0.326 e. The van der Waals surface area contributed by atoms with Gasteiger partial charge in [0.25, 0.3) is 0 Å². The van der Waals surface area contributed by atoms with Gasteiger partial charge >= 0.3 is 6.03 Å². The highest BCUT2D eigenvalue weighted by Gasteiger charge is 2.36. The van der Waals surface area contributed by atoms with Crippen LogP contribution in [0.25, 0.3) is 0 Å². The molecule has 0 radical (unpaired) electrons. The molecular formula is C30H28ClN3O2S2. The lowest BCUT2D eigenvalue weighted by Crippen LogP contribution is -2.49. The Morgan fingerprint density at radius 2 is 1.82 bits per heavy atom. The number of thioether (sulfide) groups is 2. The molecule has 0 fully saturated rings. The number of rotatable bonds is 6. The highest BCUT2D eigenvalue weighted by Crippen LogP contribution is 2.43. The standard InChI is InChI=1S/C30H28ClN3O2S2/c1-3-26(29(35)33-23-13-9-12-22(31)19(23)2)37-21-11-8-10-20(18-21)32-30(36)34-24-14-4-6-16-27(24)38-28-17-7-5-15-25(28)34/h4-18,24,26-27H,3H2,1-2H3,(H,32,36)(H,33,35). The molecule has 1 aliphatic heterocycles. The first-order valence-electron chi connectivity index (χ1n) is 12.5. The van der Waals surface area contributed by atoms with Crippen molar-refractivity contribution in [2.45, 2.75) is 46.6 Å². The van der Waals surface area contributed by atoms with Gasteiger partial charge in [-0.2, -0.15) is 0 Å². The number of halogens is 1. The van der Waals surface area contributed by atoms with Gasteiger partial charge in [-0.1, -0.05) is 67.1 Å². The van der Waals surface area contributed by atoms with Crippen molar-refractivity contribution in [2.75, 3.05) is 15.5 Å². The molecule has 5 nitrogen and oxygen atoms in total. The van der Waals surface area contributed by atoms with Crippen LogP contribution in [-0.2, 0) is 4.79 Å². The third-order valence-electron chi connectivity index (χ3n) is 6.51. The Balaban J connectivity index is 1.31. The topological polar surface area (TPSA) is 61.4 Å². The number of hydrogen-bond acceptors (Lipinski definition) is 4. The monoisotopic (exact) mass is 561 g/mol. The van der Waals surface area contributed by atoms with Gasteiger partial charge in [-0.25, -0.2) is 4.79 Å². The van der Waals surface area contributed by atoms with E-state index in [4.69, 9.17) is 11.6 Å². The zero-order valence-electron chi connectivity index (χ0n) is 21.1. The van der Waals surface area contributed by atoms with Gasteiger partial charge in [0.15, 0.2) is 0 Å². The average molecular weight is 562 g/mol. The van der Waals surface area contributed by atoms with E-state index < -0.39 is 0 Å². The third-order valence-corrected chi connectivity index (χ3v) is 9.59. The molecule has 2 aliphatic rings. The summed E-state index contributed by atoms with van der Waals surface area (Å²) in [7, 11) is 0. The Bertz CT molecular complexity index is 1420. The lowest BCUT2D eigenvalue weighted by Gasteiger charge is -2.40. The quantitative estimate of drug-likeness (QED) is 0.298. The normalized spacial score (nSPS) is 18.3. The predicted molar refractivity (Wildman–Crippen MR) is 161 cm³/mol. The summed E-state index contributed by atoms with van der Waals surface area (Å²) in [6.45, 7) is 3.88. The lowest BCUT2D eigenvalue weighted by molar-refractivity contribution is -0.115. The van der Waals surface area contributed by atoms with E-state index in [0.717, 1.165) is 21.0 Å². The minimum atomic E-state index is -0.301. The first-order valence-corrected chi connectivity index (χ1v) is 14.6. The largest absolute Gasteiger partial charge is 0.326 e. The number of anilines is 3. The predicted octanol–water partition coefficient (Wildman–Crippen LogP) is 8.17. The van der Waals surface area contributed by atoms with Crippen molar-refractivity contribution >= 4 is 64.1 Å². The summed E-state index contributed by atoms with van der Waals surface area (Å²) < 4.78 is 0. The van der Waals surface area contributed by atoms with E-state index in [1.165, 1.54) is 11.8 Å². The van der Waals surface area contributed by atoms with Crippen LogP contribution in [0.15, 0.2) is 101 Å². The molecule has 3 aromatic carbocycles. The molecule has 3 aromatic rings. The van der Waals surface area contributed by atoms with Crippen molar-refractivity contribution < 1.29 is 9.59 Å². The Kier molecular flexibility index (Phi) is 8.17. The van der Waals surface area contributed by atoms with E-state index in [9.17, 15) is 9.59 Å². The van der Waals surface area contributed by atoms with Gasteiger partial charge < -0.3 is 10.6 Å². The number of para-hydroxylation sites is 1. The van der Waals surface area contributed by atoms with Crippen LogP contribution in [0.1, 0.15) is 18.9 Å². The van der Waals surface area contributed by atoms with Crippen LogP contribution in [0.2, 0.25) is 5.02 Å². The Labute approximate surface area is 236 Å². The van der Waals surface area contributed by atoms with Crippen molar-refractivity contribution in [3.63, 3.8) is 0 Å². The zero-order valence-corrected chi connectivity index (χ0v) is 23.4. The number of carbonyl (C=O) groups excluding carboxylic acids is 2. The zero-order chi connectivity index (χ0) is 26.6. The van der Waals surface area contributed by atoms with Crippen molar-refractivity contribution in [3.8, 4) is 0 Å². The van der Waals surface area contributed by atoms with Crippen LogP contribution in [0.5, 0.6) is 0 Å². The number of hydrogen-bond donors (Lipinski definition) is 2. The SMILES string of the molecule is CCC(Sc1cccc(NC(=O)N2c3ccccc3SC3C=CC=CC32)c1)C(=O)Nc1cccc(Cl)c1C. The first kappa shape index (κ1) is 26.5. The molecule has 0 saturated heterocycles. The second kappa shape index (κ2) is 11.7. The number of amides is 3. The summed E-state index contributed by atoms with van der Waals surface area (Å²) in [6.07, 6.45) is 8.90. The van der Waals surface area contributed by atoms with E-state index in [1.807, 2.05) is 85.5 Å². The van der Waals surface area contributed by atoms with Gasteiger partial charge in [-0.15, -0.1) is 23.5 Å². The molecule has 3 unspecified atom stereocenters. The van der Waals surface area contributed by atoms with Crippen molar-refractivity contribution in [1.29, 1.82) is 0 Å². The minimum absolute atomic E-state index is 0.0689.